The number of rotatable bonds is 7. The molecule has 174 valence electrons. The second-order valence-electron chi connectivity index (χ2n) is 8.33. The lowest BCUT2D eigenvalue weighted by atomic mass is 10.0. The number of esters is 1. The molecule has 3 aromatic carbocycles. The minimum atomic E-state index is -0.920. The lowest BCUT2D eigenvalue weighted by molar-refractivity contribution is -0.606. The summed E-state index contributed by atoms with van der Waals surface area (Å²) in [5.41, 5.74) is 2.84. The molecule has 0 aliphatic rings. The number of aromatic nitrogens is 2. The number of ether oxygens (including phenoxy) is 1. The Balaban J connectivity index is 1.38. The highest BCUT2D eigenvalue weighted by atomic mass is 16.5. The lowest BCUT2D eigenvalue weighted by Gasteiger charge is -2.18. The second-order valence-corrected chi connectivity index (χ2v) is 8.33. The quantitative estimate of drug-likeness (QED) is 0.215. The van der Waals surface area contributed by atoms with Crippen molar-refractivity contribution >= 4 is 33.6 Å². The van der Waals surface area contributed by atoms with E-state index in [2.05, 4.69) is 10.3 Å². The molecule has 1 atom stereocenters. The number of carbonyl (C=O) groups excluding carboxylic acids is 2. The Hall–Kier alpha value is -4.65. The first kappa shape index (κ1) is 22.2. The van der Waals surface area contributed by atoms with E-state index in [1.807, 2.05) is 60.8 Å². The van der Waals surface area contributed by atoms with Gasteiger partial charge in [-0.05, 0) is 40.6 Å². The van der Waals surface area contributed by atoms with E-state index in [4.69, 9.17) is 4.74 Å². The number of nitrogens with zero attached hydrogens (tertiary/aromatic N) is 1. The van der Waals surface area contributed by atoms with E-state index in [0.717, 1.165) is 27.2 Å². The zero-order chi connectivity index (χ0) is 24.2. The standard InChI is InChI=1S/C28H23N3O4/c32-27(22-12-11-20-7-1-2-8-21(20)14-22)30-26(15-23-16-29-25-10-4-3-9-24(23)25)28(33)35-18-19-6-5-13-31(34)17-19/h1-14,16-17,26,29H,15,18H2,(H,30,32). The maximum absolute atomic E-state index is 13.1. The minimum Gasteiger partial charge on any atom is -0.619 e. The summed E-state index contributed by atoms with van der Waals surface area (Å²) in [4.78, 5) is 29.5. The molecule has 0 fully saturated rings. The van der Waals surface area contributed by atoms with Crippen LogP contribution in [0.15, 0.2) is 97.5 Å². The number of nitrogens with one attached hydrogen (secondary N) is 2. The Kier molecular flexibility index (Phi) is 6.13. The SMILES string of the molecule is O=C(NC(Cc1c[nH]c2ccccc12)C(=O)OCc1ccc[n+]([O-])c1)c1ccc2ccccc2c1. The summed E-state index contributed by atoms with van der Waals surface area (Å²) in [6.45, 7) is -0.0713. The number of benzene rings is 3. The smallest absolute Gasteiger partial charge is 0.329 e. The molecule has 0 saturated carbocycles. The normalized spacial score (nSPS) is 11.9. The molecule has 2 N–H and O–H groups in total. The van der Waals surface area contributed by atoms with E-state index >= 15 is 0 Å². The van der Waals surface area contributed by atoms with Crippen LogP contribution in [0.4, 0.5) is 0 Å². The Morgan fingerprint density at radius 2 is 1.77 bits per heavy atom. The Bertz CT molecular complexity index is 1530. The molecule has 5 aromatic rings. The van der Waals surface area contributed by atoms with Gasteiger partial charge in [0.15, 0.2) is 12.4 Å². The van der Waals surface area contributed by atoms with Gasteiger partial charge in [0, 0.05) is 35.2 Å². The zero-order valence-electron chi connectivity index (χ0n) is 18.8. The van der Waals surface area contributed by atoms with Gasteiger partial charge in [-0.1, -0.05) is 48.5 Å². The van der Waals surface area contributed by atoms with Crippen LogP contribution in [0.5, 0.6) is 0 Å². The van der Waals surface area contributed by atoms with E-state index < -0.39 is 12.0 Å². The molecule has 0 bridgehead atoms. The van der Waals surface area contributed by atoms with Gasteiger partial charge >= 0.3 is 5.97 Å². The van der Waals surface area contributed by atoms with Crippen molar-refractivity contribution in [3.05, 3.63) is 119 Å². The van der Waals surface area contributed by atoms with Gasteiger partial charge in [0.25, 0.3) is 5.91 Å². The van der Waals surface area contributed by atoms with E-state index in [1.54, 1.807) is 24.3 Å². The highest BCUT2D eigenvalue weighted by molar-refractivity contribution is 6.00. The minimum absolute atomic E-state index is 0.0713. The number of pyridine rings is 1. The van der Waals surface area contributed by atoms with Crippen LogP contribution in [-0.4, -0.2) is 22.9 Å². The van der Waals surface area contributed by atoms with Crippen molar-refractivity contribution in [1.29, 1.82) is 0 Å². The number of H-pyrrole nitrogens is 1. The molecule has 2 aromatic heterocycles. The third kappa shape index (κ3) is 4.99. The fraction of sp³-hybridized carbons (Fsp3) is 0.107. The Morgan fingerprint density at radius 3 is 2.63 bits per heavy atom. The van der Waals surface area contributed by atoms with Gasteiger partial charge < -0.3 is 20.2 Å². The number of amides is 1. The van der Waals surface area contributed by atoms with E-state index in [-0.39, 0.29) is 18.9 Å². The molecule has 0 spiro atoms. The molecule has 7 heteroatoms. The molecule has 0 aliphatic carbocycles. The van der Waals surface area contributed by atoms with Crippen molar-refractivity contribution in [2.45, 2.75) is 19.1 Å². The monoisotopic (exact) mass is 465 g/mol. The summed E-state index contributed by atoms with van der Waals surface area (Å²) >= 11 is 0. The largest absolute Gasteiger partial charge is 0.619 e. The van der Waals surface area contributed by atoms with Crippen molar-refractivity contribution < 1.29 is 19.1 Å². The van der Waals surface area contributed by atoms with Crippen LogP contribution in [-0.2, 0) is 22.6 Å². The first-order valence-corrected chi connectivity index (χ1v) is 11.3. The van der Waals surface area contributed by atoms with Crippen molar-refractivity contribution in [3.63, 3.8) is 0 Å². The summed E-state index contributed by atoms with van der Waals surface area (Å²) in [6.07, 6.45) is 4.79. The molecule has 0 saturated heterocycles. The number of hydrogen-bond acceptors (Lipinski definition) is 4. The summed E-state index contributed by atoms with van der Waals surface area (Å²) in [5.74, 6) is -0.944. The van der Waals surface area contributed by atoms with Crippen LogP contribution < -0.4 is 10.0 Å². The van der Waals surface area contributed by atoms with Crippen LogP contribution in [0.2, 0.25) is 0 Å². The molecule has 2 heterocycles. The maximum atomic E-state index is 13.1. The number of carbonyl (C=O) groups is 2. The predicted molar refractivity (Wildman–Crippen MR) is 132 cm³/mol. The van der Waals surface area contributed by atoms with Crippen LogP contribution in [0.25, 0.3) is 21.7 Å². The molecule has 5 rings (SSSR count). The molecular weight excluding hydrogens is 442 g/mol. The number of para-hydroxylation sites is 1. The third-order valence-corrected chi connectivity index (χ3v) is 5.92. The fourth-order valence-corrected chi connectivity index (χ4v) is 4.13. The average molecular weight is 466 g/mol. The topological polar surface area (TPSA) is 98.1 Å². The van der Waals surface area contributed by atoms with Gasteiger partial charge in [0.1, 0.15) is 12.6 Å². The van der Waals surface area contributed by atoms with Crippen molar-refractivity contribution in [3.8, 4) is 0 Å². The third-order valence-electron chi connectivity index (χ3n) is 5.92. The molecule has 0 radical (unpaired) electrons. The fourth-order valence-electron chi connectivity index (χ4n) is 4.13. The van der Waals surface area contributed by atoms with E-state index in [9.17, 15) is 14.8 Å². The Morgan fingerprint density at radius 1 is 0.971 bits per heavy atom. The van der Waals surface area contributed by atoms with Crippen LogP contribution in [0, 0.1) is 5.21 Å². The highest BCUT2D eigenvalue weighted by Crippen LogP contribution is 2.20. The second kappa shape index (κ2) is 9.69. The number of fused-ring (bicyclic) bond motifs is 2. The molecule has 1 unspecified atom stereocenters. The first-order valence-electron chi connectivity index (χ1n) is 11.3. The van der Waals surface area contributed by atoms with E-state index in [1.165, 1.54) is 12.4 Å². The predicted octanol–water partition coefficient (Wildman–Crippen LogP) is 4.04. The first-order chi connectivity index (χ1) is 17.1. The lowest BCUT2D eigenvalue weighted by Crippen LogP contribution is -2.43. The van der Waals surface area contributed by atoms with Gasteiger partial charge in [-0.2, -0.15) is 4.73 Å². The van der Waals surface area contributed by atoms with Crippen molar-refractivity contribution in [2.75, 3.05) is 0 Å². The van der Waals surface area contributed by atoms with Crippen molar-refractivity contribution in [1.82, 2.24) is 10.3 Å². The summed E-state index contributed by atoms with van der Waals surface area (Å²) in [7, 11) is 0. The molecular formula is C28H23N3O4. The molecule has 7 nitrogen and oxygen atoms in total. The Labute approximate surface area is 201 Å². The molecule has 35 heavy (non-hydrogen) atoms. The zero-order valence-corrected chi connectivity index (χ0v) is 18.8. The van der Waals surface area contributed by atoms with Crippen LogP contribution in [0.1, 0.15) is 21.5 Å². The van der Waals surface area contributed by atoms with Gasteiger partial charge in [0.05, 0.1) is 5.56 Å². The maximum Gasteiger partial charge on any atom is 0.329 e. The highest BCUT2D eigenvalue weighted by Gasteiger charge is 2.25. The average Bonchev–Trinajstić information content (AvgIpc) is 3.29. The number of hydrogen-bond donors (Lipinski definition) is 2. The van der Waals surface area contributed by atoms with Crippen LogP contribution >= 0.6 is 0 Å². The van der Waals surface area contributed by atoms with Gasteiger partial charge in [-0.3, -0.25) is 4.79 Å². The van der Waals surface area contributed by atoms with Gasteiger partial charge in [-0.25, -0.2) is 4.79 Å². The summed E-state index contributed by atoms with van der Waals surface area (Å²) in [5, 5.41) is 17.3. The molecule has 1 amide bonds. The summed E-state index contributed by atoms with van der Waals surface area (Å²) < 4.78 is 6.14. The molecule has 0 aliphatic heterocycles. The van der Waals surface area contributed by atoms with Crippen LogP contribution in [0.3, 0.4) is 0 Å². The van der Waals surface area contributed by atoms with Gasteiger partial charge in [-0.15, -0.1) is 0 Å². The number of aromatic amines is 1. The van der Waals surface area contributed by atoms with E-state index in [0.29, 0.717) is 15.9 Å². The van der Waals surface area contributed by atoms with Crippen molar-refractivity contribution in [2.24, 2.45) is 0 Å². The summed E-state index contributed by atoms with van der Waals surface area (Å²) in [6, 6.07) is 23.3. The van der Waals surface area contributed by atoms with Gasteiger partial charge in [0.2, 0.25) is 0 Å².